The minimum atomic E-state index is -0.361. The van der Waals surface area contributed by atoms with Crippen molar-refractivity contribution in [2.24, 2.45) is 0 Å². The third-order valence-corrected chi connectivity index (χ3v) is 6.85. The summed E-state index contributed by atoms with van der Waals surface area (Å²) in [4.78, 5) is 19.6. The second-order valence-corrected chi connectivity index (χ2v) is 9.92. The number of nitrogens with one attached hydrogen (secondary N) is 1. The summed E-state index contributed by atoms with van der Waals surface area (Å²) in [6.07, 6.45) is 6.18. The molecule has 5 nitrogen and oxygen atoms in total. The quantitative estimate of drug-likeness (QED) is 0.251. The van der Waals surface area contributed by atoms with E-state index in [0.29, 0.717) is 46.8 Å². The molecule has 37 heavy (non-hydrogen) atoms. The number of fused-ring (bicyclic) bond motifs is 3. The molecule has 5 rings (SSSR count). The van der Waals surface area contributed by atoms with Crippen LogP contribution in [0.1, 0.15) is 22.4 Å². The van der Waals surface area contributed by atoms with Gasteiger partial charge in [-0.05, 0) is 65.2 Å². The summed E-state index contributed by atoms with van der Waals surface area (Å²) in [6.45, 7) is 2.46. The monoisotopic (exact) mass is 578 g/mol. The lowest BCUT2D eigenvalue weighted by atomic mass is 10.0. The maximum atomic E-state index is 13.6. The molecule has 4 aromatic rings. The fourth-order valence-electron chi connectivity index (χ4n) is 4.59. The lowest BCUT2D eigenvalue weighted by molar-refractivity contribution is 0.240. The molecule has 0 atom stereocenters. The Kier molecular flexibility index (Phi) is 8.78. The van der Waals surface area contributed by atoms with Crippen LogP contribution in [0.2, 0.25) is 15.2 Å². The van der Waals surface area contributed by atoms with Gasteiger partial charge in [-0.25, -0.2) is 14.2 Å². The Morgan fingerprint density at radius 3 is 2.70 bits per heavy atom. The molecule has 0 saturated heterocycles. The van der Waals surface area contributed by atoms with E-state index in [2.05, 4.69) is 15.2 Å². The van der Waals surface area contributed by atoms with Crippen molar-refractivity contribution in [3.8, 4) is 0 Å². The molecular formula is C27H23Cl4FN4O. The van der Waals surface area contributed by atoms with Crippen molar-refractivity contribution in [3.05, 3.63) is 104 Å². The molecule has 0 bridgehead atoms. The maximum absolute atomic E-state index is 13.6. The van der Waals surface area contributed by atoms with Crippen LogP contribution in [0, 0.1) is 5.82 Å². The number of amides is 1. The minimum Gasteiger partial charge on any atom is -0.333 e. The number of pyridine rings is 1. The molecule has 192 valence electrons. The average molecular weight is 580 g/mol. The third-order valence-electron chi connectivity index (χ3n) is 6.19. The third kappa shape index (κ3) is 6.28. The number of carbonyl (C=O) groups excluding carboxylic acids is 1. The summed E-state index contributed by atoms with van der Waals surface area (Å²) in [6, 6.07) is 13.4. The summed E-state index contributed by atoms with van der Waals surface area (Å²) in [5, 5.41) is 5.33. The van der Waals surface area contributed by atoms with Crippen LogP contribution < -0.4 is 5.32 Å². The highest BCUT2D eigenvalue weighted by atomic mass is 35.5. The van der Waals surface area contributed by atoms with Crippen LogP contribution in [0.4, 0.5) is 9.18 Å². The first kappa shape index (κ1) is 27.4. The number of benzene rings is 2. The molecular weight excluding hydrogens is 557 g/mol. The van der Waals surface area contributed by atoms with Crippen LogP contribution in [0.5, 0.6) is 0 Å². The number of hydrogen-bond acceptors (Lipinski definition) is 3. The van der Waals surface area contributed by atoms with Crippen molar-refractivity contribution in [1.29, 1.82) is 0 Å². The molecule has 0 saturated carbocycles. The Balaban J connectivity index is 0.00000320. The molecule has 1 N–H and O–H groups in total. The molecule has 1 amide bonds. The van der Waals surface area contributed by atoms with E-state index in [9.17, 15) is 9.18 Å². The van der Waals surface area contributed by atoms with E-state index in [1.165, 1.54) is 12.1 Å². The molecule has 1 aliphatic rings. The zero-order valence-corrected chi connectivity index (χ0v) is 22.6. The SMILES string of the molecule is Cl.O=C(NCc1ccnc(Cl)c1)n1c2c(c3cc(Cl)ccc31)CN(C/C=C/c1cc(F)cc(Cl)c1)CC2. The van der Waals surface area contributed by atoms with Gasteiger partial charge in [0.05, 0.1) is 5.52 Å². The number of aromatic nitrogens is 2. The number of carbonyl (C=O) groups is 1. The first-order valence-electron chi connectivity index (χ1n) is 11.4. The van der Waals surface area contributed by atoms with Crippen molar-refractivity contribution in [2.45, 2.75) is 19.5 Å². The van der Waals surface area contributed by atoms with E-state index in [0.717, 1.165) is 34.3 Å². The van der Waals surface area contributed by atoms with Crippen LogP contribution in [0.3, 0.4) is 0 Å². The number of hydrogen-bond donors (Lipinski definition) is 1. The van der Waals surface area contributed by atoms with Crippen molar-refractivity contribution < 1.29 is 9.18 Å². The zero-order chi connectivity index (χ0) is 25.2. The maximum Gasteiger partial charge on any atom is 0.326 e. The molecule has 10 heteroatoms. The number of nitrogens with zero attached hydrogens (tertiary/aromatic N) is 3. The fraction of sp³-hybridized carbons (Fsp3) is 0.185. The molecule has 2 aromatic heterocycles. The van der Waals surface area contributed by atoms with E-state index in [-0.39, 0.29) is 24.3 Å². The molecule has 1 aliphatic heterocycles. The lowest BCUT2D eigenvalue weighted by Gasteiger charge is -2.27. The Bertz CT molecular complexity index is 1470. The highest BCUT2D eigenvalue weighted by Crippen LogP contribution is 2.32. The van der Waals surface area contributed by atoms with Gasteiger partial charge in [0.2, 0.25) is 0 Å². The highest BCUT2D eigenvalue weighted by molar-refractivity contribution is 6.31. The fourth-order valence-corrected chi connectivity index (χ4v) is 5.19. The van der Waals surface area contributed by atoms with Gasteiger partial charge < -0.3 is 5.32 Å². The van der Waals surface area contributed by atoms with Gasteiger partial charge in [-0.2, -0.15) is 0 Å². The van der Waals surface area contributed by atoms with Gasteiger partial charge in [-0.15, -0.1) is 12.4 Å². The number of rotatable bonds is 5. The molecule has 0 unspecified atom stereocenters. The summed E-state index contributed by atoms with van der Waals surface area (Å²) in [7, 11) is 0. The second-order valence-electron chi connectivity index (χ2n) is 8.66. The second kappa shape index (κ2) is 11.8. The van der Waals surface area contributed by atoms with Crippen molar-refractivity contribution in [2.75, 3.05) is 13.1 Å². The van der Waals surface area contributed by atoms with Gasteiger partial charge >= 0.3 is 6.03 Å². The highest BCUT2D eigenvalue weighted by Gasteiger charge is 2.26. The molecule has 2 aromatic carbocycles. The molecule has 0 fully saturated rings. The minimum absolute atomic E-state index is 0. The van der Waals surface area contributed by atoms with Crippen LogP contribution in [-0.4, -0.2) is 33.6 Å². The van der Waals surface area contributed by atoms with Crippen molar-refractivity contribution in [1.82, 2.24) is 19.8 Å². The first-order valence-corrected chi connectivity index (χ1v) is 12.6. The summed E-state index contributed by atoms with van der Waals surface area (Å²) >= 11 is 18.3. The van der Waals surface area contributed by atoms with Gasteiger partial charge in [0.15, 0.2) is 0 Å². The first-order chi connectivity index (χ1) is 17.4. The average Bonchev–Trinajstić information content (AvgIpc) is 3.15. The predicted octanol–water partition coefficient (Wildman–Crippen LogP) is 7.39. The largest absolute Gasteiger partial charge is 0.333 e. The topological polar surface area (TPSA) is 50.2 Å². The van der Waals surface area contributed by atoms with Crippen LogP contribution in [0.15, 0.2) is 60.8 Å². The van der Waals surface area contributed by atoms with E-state index >= 15 is 0 Å². The van der Waals surface area contributed by atoms with Gasteiger partial charge in [0, 0.05) is 59.9 Å². The zero-order valence-electron chi connectivity index (χ0n) is 19.6. The number of halogens is 5. The summed E-state index contributed by atoms with van der Waals surface area (Å²) < 4.78 is 15.4. The lowest BCUT2D eigenvalue weighted by Crippen LogP contribution is -2.34. The Labute approximate surface area is 235 Å². The van der Waals surface area contributed by atoms with Gasteiger partial charge in [0.1, 0.15) is 11.0 Å². The standard InChI is InChI=1S/C27H22Cl3FN4O.ClH/c28-19-3-4-24-22(14-19)23-16-34(8-1-2-17-10-20(29)13-21(31)11-17)9-6-25(23)35(24)27(36)33-15-18-5-7-32-26(30)12-18;/h1-5,7,10-14H,6,8-9,15-16H2,(H,33,36);1H/b2-1+;. The van der Waals surface area contributed by atoms with Crippen LogP contribution in [-0.2, 0) is 19.5 Å². The normalized spacial score (nSPS) is 13.5. The molecule has 3 heterocycles. The molecule has 0 aliphatic carbocycles. The van der Waals surface area contributed by atoms with E-state index in [1.807, 2.05) is 30.4 Å². The van der Waals surface area contributed by atoms with Crippen molar-refractivity contribution in [3.63, 3.8) is 0 Å². The van der Waals surface area contributed by atoms with E-state index in [1.54, 1.807) is 29.0 Å². The van der Waals surface area contributed by atoms with Gasteiger partial charge in [0.25, 0.3) is 0 Å². The Hall–Kier alpha value is -2.61. The molecule has 0 spiro atoms. The Morgan fingerprint density at radius 1 is 1.08 bits per heavy atom. The van der Waals surface area contributed by atoms with Crippen LogP contribution in [0.25, 0.3) is 17.0 Å². The van der Waals surface area contributed by atoms with Crippen LogP contribution >= 0.6 is 47.2 Å². The van der Waals surface area contributed by atoms with Crippen molar-refractivity contribution >= 4 is 70.2 Å². The van der Waals surface area contributed by atoms with E-state index < -0.39 is 0 Å². The smallest absolute Gasteiger partial charge is 0.326 e. The van der Waals surface area contributed by atoms with E-state index in [4.69, 9.17) is 34.8 Å². The summed E-state index contributed by atoms with van der Waals surface area (Å²) in [5.74, 6) is -0.361. The summed E-state index contributed by atoms with van der Waals surface area (Å²) in [5.41, 5.74) is 4.47. The van der Waals surface area contributed by atoms with Gasteiger partial charge in [-0.1, -0.05) is 47.0 Å². The van der Waals surface area contributed by atoms with Gasteiger partial charge in [-0.3, -0.25) is 9.47 Å². The molecule has 0 radical (unpaired) electrons. The predicted molar refractivity (Wildman–Crippen MR) is 151 cm³/mol. The Morgan fingerprint density at radius 2 is 1.92 bits per heavy atom.